The fourth-order valence-electron chi connectivity index (χ4n) is 2.14. The Morgan fingerprint density at radius 1 is 1.36 bits per heavy atom. The van der Waals surface area contributed by atoms with Crippen LogP contribution >= 0.6 is 11.6 Å². The van der Waals surface area contributed by atoms with E-state index in [1.807, 2.05) is 42.7 Å². The molecule has 0 saturated carbocycles. The van der Waals surface area contributed by atoms with E-state index in [1.54, 1.807) is 6.33 Å². The zero-order chi connectivity index (χ0) is 15.9. The smallest absolute Gasteiger partial charge is 0.315 e. The number of urea groups is 1. The number of carbonyl (C=O) groups excluding carboxylic acids is 1. The molecule has 6 nitrogen and oxygen atoms in total. The van der Waals surface area contributed by atoms with Crippen molar-refractivity contribution in [3.05, 3.63) is 47.0 Å². The molecule has 22 heavy (non-hydrogen) atoms. The summed E-state index contributed by atoms with van der Waals surface area (Å²) in [6.45, 7) is 5.09. The van der Waals surface area contributed by atoms with Crippen LogP contribution in [0.1, 0.15) is 25.2 Å². The Bertz CT molecular complexity index is 611. The van der Waals surface area contributed by atoms with E-state index >= 15 is 0 Å². The summed E-state index contributed by atoms with van der Waals surface area (Å²) in [7, 11) is 0. The first-order valence-electron chi connectivity index (χ1n) is 7.24. The summed E-state index contributed by atoms with van der Waals surface area (Å²) in [4.78, 5) is 11.9. The zero-order valence-corrected chi connectivity index (χ0v) is 13.5. The van der Waals surface area contributed by atoms with E-state index in [2.05, 4.69) is 20.8 Å². The molecular weight excluding hydrogens is 302 g/mol. The lowest BCUT2D eigenvalue weighted by molar-refractivity contribution is 0.237. The van der Waals surface area contributed by atoms with E-state index in [0.717, 1.165) is 24.4 Å². The molecule has 0 aliphatic heterocycles. The molecule has 2 rings (SSSR count). The van der Waals surface area contributed by atoms with Gasteiger partial charge in [-0.05, 0) is 38.0 Å². The van der Waals surface area contributed by atoms with E-state index in [1.165, 1.54) is 0 Å². The third-order valence-corrected chi connectivity index (χ3v) is 3.53. The minimum absolute atomic E-state index is 0.0187. The predicted molar refractivity (Wildman–Crippen MR) is 85.7 cm³/mol. The predicted octanol–water partition coefficient (Wildman–Crippen LogP) is 2.38. The minimum atomic E-state index is -0.216. The van der Waals surface area contributed by atoms with E-state index in [-0.39, 0.29) is 12.1 Å². The van der Waals surface area contributed by atoms with Crippen molar-refractivity contribution in [3.8, 4) is 0 Å². The Morgan fingerprint density at radius 3 is 2.77 bits per heavy atom. The maximum absolute atomic E-state index is 11.9. The van der Waals surface area contributed by atoms with Crippen LogP contribution in [0.5, 0.6) is 0 Å². The molecule has 2 N–H and O–H groups in total. The Kier molecular flexibility index (Phi) is 5.77. The van der Waals surface area contributed by atoms with Crippen molar-refractivity contribution in [1.29, 1.82) is 0 Å². The molecule has 1 aromatic carbocycles. The van der Waals surface area contributed by atoms with Crippen LogP contribution in [0.4, 0.5) is 4.79 Å². The summed E-state index contributed by atoms with van der Waals surface area (Å²) >= 11 is 5.85. The van der Waals surface area contributed by atoms with Gasteiger partial charge in [0.2, 0.25) is 0 Å². The van der Waals surface area contributed by atoms with Crippen molar-refractivity contribution in [2.75, 3.05) is 0 Å². The summed E-state index contributed by atoms with van der Waals surface area (Å²) in [6, 6.07) is 7.42. The van der Waals surface area contributed by atoms with Gasteiger partial charge in [0.15, 0.2) is 5.82 Å². The highest BCUT2D eigenvalue weighted by Gasteiger charge is 2.09. The maximum atomic E-state index is 11.9. The van der Waals surface area contributed by atoms with Crippen molar-refractivity contribution >= 4 is 17.6 Å². The monoisotopic (exact) mass is 321 g/mol. The number of nitrogens with zero attached hydrogens (tertiary/aromatic N) is 3. The average molecular weight is 322 g/mol. The fourth-order valence-corrected chi connectivity index (χ4v) is 2.27. The maximum Gasteiger partial charge on any atom is 0.315 e. The number of amides is 2. The molecule has 0 saturated heterocycles. The number of hydrogen-bond donors (Lipinski definition) is 2. The van der Waals surface area contributed by atoms with Crippen LogP contribution in [0, 0.1) is 0 Å². The van der Waals surface area contributed by atoms with Crippen molar-refractivity contribution in [1.82, 2.24) is 25.4 Å². The third kappa shape index (κ3) is 4.73. The molecule has 0 fully saturated rings. The molecule has 7 heteroatoms. The molecule has 0 aliphatic carbocycles. The first-order valence-corrected chi connectivity index (χ1v) is 7.61. The highest BCUT2D eigenvalue weighted by atomic mass is 35.5. The van der Waals surface area contributed by atoms with Crippen LogP contribution < -0.4 is 10.6 Å². The largest absolute Gasteiger partial charge is 0.335 e. The number of carbonyl (C=O) groups is 1. The molecule has 1 aromatic heterocycles. The van der Waals surface area contributed by atoms with Crippen molar-refractivity contribution in [2.45, 2.75) is 39.4 Å². The second kappa shape index (κ2) is 7.79. The van der Waals surface area contributed by atoms with Crippen molar-refractivity contribution < 1.29 is 4.79 Å². The number of benzene rings is 1. The van der Waals surface area contributed by atoms with Crippen LogP contribution in [-0.4, -0.2) is 26.8 Å². The number of aromatic nitrogens is 3. The normalized spacial score (nSPS) is 12.0. The first-order chi connectivity index (χ1) is 10.6. The van der Waals surface area contributed by atoms with Crippen LogP contribution in [0.15, 0.2) is 30.6 Å². The molecule has 0 aliphatic rings. The van der Waals surface area contributed by atoms with Crippen molar-refractivity contribution in [3.63, 3.8) is 0 Å². The van der Waals surface area contributed by atoms with Gasteiger partial charge in [-0.2, -0.15) is 0 Å². The molecule has 0 bridgehead atoms. The van der Waals surface area contributed by atoms with Gasteiger partial charge in [0.25, 0.3) is 0 Å². The number of rotatable bonds is 6. The summed E-state index contributed by atoms with van der Waals surface area (Å²) in [5.41, 5.74) is 1.13. The van der Waals surface area contributed by atoms with Gasteiger partial charge in [-0.1, -0.05) is 23.7 Å². The third-order valence-electron chi connectivity index (χ3n) is 3.28. The van der Waals surface area contributed by atoms with Crippen LogP contribution in [0.3, 0.4) is 0 Å². The van der Waals surface area contributed by atoms with Crippen LogP contribution in [0.2, 0.25) is 5.02 Å². The van der Waals surface area contributed by atoms with Gasteiger partial charge in [0.1, 0.15) is 6.33 Å². The van der Waals surface area contributed by atoms with Gasteiger partial charge in [-0.15, -0.1) is 10.2 Å². The van der Waals surface area contributed by atoms with Gasteiger partial charge in [-0.25, -0.2) is 4.79 Å². The Morgan fingerprint density at radius 2 is 2.09 bits per heavy atom. The van der Waals surface area contributed by atoms with Gasteiger partial charge >= 0.3 is 6.03 Å². The van der Waals surface area contributed by atoms with Crippen LogP contribution in [0.25, 0.3) is 0 Å². The lowest BCUT2D eigenvalue weighted by Gasteiger charge is -2.15. The quantitative estimate of drug-likeness (QED) is 0.858. The summed E-state index contributed by atoms with van der Waals surface area (Å²) < 4.78 is 1.89. The van der Waals surface area contributed by atoms with Crippen molar-refractivity contribution in [2.24, 2.45) is 0 Å². The lowest BCUT2D eigenvalue weighted by atomic mass is 10.1. The molecule has 2 amide bonds. The Labute approximate surface area is 134 Å². The van der Waals surface area contributed by atoms with E-state index in [9.17, 15) is 4.79 Å². The standard InChI is InChI=1S/C15H20ClN5O/c1-3-21-10-18-20-14(21)9-17-15(22)19-11(2)8-12-4-6-13(16)7-5-12/h4-7,10-11H,3,8-9H2,1-2H3,(H2,17,19,22)/t11-/m0/s1. The minimum Gasteiger partial charge on any atom is -0.335 e. The fraction of sp³-hybridized carbons (Fsp3) is 0.400. The topological polar surface area (TPSA) is 71.8 Å². The summed E-state index contributed by atoms with van der Waals surface area (Å²) in [5, 5.41) is 14.2. The molecule has 118 valence electrons. The second-order valence-corrected chi connectivity index (χ2v) is 5.53. The SMILES string of the molecule is CCn1cnnc1CNC(=O)N[C@@H](C)Cc1ccc(Cl)cc1. The number of halogens is 1. The zero-order valence-electron chi connectivity index (χ0n) is 12.7. The molecule has 1 heterocycles. The Hall–Kier alpha value is -2.08. The molecule has 0 unspecified atom stereocenters. The van der Waals surface area contributed by atoms with Gasteiger partial charge in [-0.3, -0.25) is 0 Å². The van der Waals surface area contributed by atoms with E-state index in [4.69, 9.17) is 11.6 Å². The van der Waals surface area contributed by atoms with E-state index < -0.39 is 0 Å². The lowest BCUT2D eigenvalue weighted by Crippen LogP contribution is -2.41. The molecule has 2 aromatic rings. The van der Waals surface area contributed by atoms with E-state index in [0.29, 0.717) is 11.6 Å². The highest BCUT2D eigenvalue weighted by Crippen LogP contribution is 2.10. The molecule has 0 spiro atoms. The Balaban J connectivity index is 1.77. The molecule has 0 radical (unpaired) electrons. The van der Waals surface area contributed by atoms with Gasteiger partial charge in [0.05, 0.1) is 6.54 Å². The highest BCUT2D eigenvalue weighted by molar-refractivity contribution is 6.30. The average Bonchev–Trinajstić information content (AvgIpc) is 2.95. The number of nitrogens with one attached hydrogen (secondary N) is 2. The summed E-state index contributed by atoms with van der Waals surface area (Å²) in [5.74, 6) is 0.739. The first kappa shape index (κ1) is 16.3. The second-order valence-electron chi connectivity index (χ2n) is 5.09. The number of aryl methyl sites for hydroxylation is 1. The molecule has 1 atom stereocenters. The van der Waals surface area contributed by atoms with Crippen LogP contribution in [-0.2, 0) is 19.5 Å². The molecular formula is C15H20ClN5O. The van der Waals surface area contributed by atoms with Gasteiger partial charge < -0.3 is 15.2 Å². The number of hydrogen-bond acceptors (Lipinski definition) is 3. The van der Waals surface area contributed by atoms with Gasteiger partial charge in [0, 0.05) is 17.6 Å². The summed E-state index contributed by atoms with van der Waals surface area (Å²) in [6.07, 6.45) is 2.40.